The number of halogens is 1. The smallest absolute Gasteiger partial charge is 0.337 e. The molecule has 0 aliphatic carbocycles. The van der Waals surface area contributed by atoms with Crippen molar-refractivity contribution in [1.82, 2.24) is 0 Å². The van der Waals surface area contributed by atoms with Crippen LogP contribution in [0.1, 0.15) is 30.1 Å². The third-order valence-electron chi connectivity index (χ3n) is 5.08. The molecule has 0 unspecified atom stereocenters. The van der Waals surface area contributed by atoms with Crippen LogP contribution < -0.4 is 9.62 Å². The summed E-state index contributed by atoms with van der Waals surface area (Å²) >= 11 is 5.80. The Morgan fingerprint density at radius 3 is 2.39 bits per heavy atom. The topological polar surface area (TPSA) is 113 Å². The first-order valence-electron chi connectivity index (χ1n) is 9.78. The highest BCUT2D eigenvalue weighted by molar-refractivity contribution is 7.92. The van der Waals surface area contributed by atoms with Gasteiger partial charge in [0.2, 0.25) is 0 Å². The molecule has 1 fully saturated rings. The fourth-order valence-electron chi connectivity index (χ4n) is 3.45. The van der Waals surface area contributed by atoms with Crippen molar-refractivity contribution >= 4 is 44.9 Å². The quantitative estimate of drug-likeness (QED) is 0.599. The minimum absolute atomic E-state index is 0.0293. The van der Waals surface area contributed by atoms with Gasteiger partial charge in [0.25, 0.3) is 10.0 Å². The molecule has 2 N–H and O–H groups in total. The number of anilines is 2. The Morgan fingerprint density at radius 1 is 1.16 bits per heavy atom. The number of sulfonamides is 1. The zero-order valence-electron chi connectivity index (χ0n) is 16.9. The number of nitrogens with zero attached hydrogens (tertiary/aromatic N) is 1. The van der Waals surface area contributed by atoms with Crippen LogP contribution in [-0.4, -0.2) is 45.2 Å². The molecule has 0 aromatic heterocycles. The standard InChI is InChI=1S/C21H23ClN2O6S/c1-2-30-21(27)14-9-11-24(12-10-14)16-5-8-19(18(13-16)20(25)26)23-31(28,29)17-6-3-15(22)4-7-17/h3-8,13-14,23H,2,9-12H2,1H3,(H,25,26). The fourth-order valence-corrected chi connectivity index (χ4v) is 4.65. The Labute approximate surface area is 185 Å². The predicted octanol–water partition coefficient (Wildman–Crippen LogP) is 3.62. The number of benzene rings is 2. The molecule has 2 aromatic rings. The van der Waals surface area contributed by atoms with E-state index in [1.165, 1.54) is 36.4 Å². The van der Waals surface area contributed by atoms with Crippen molar-refractivity contribution < 1.29 is 27.9 Å². The molecule has 1 heterocycles. The Hall–Kier alpha value is -2.78. The van der Waals surface area contributed by atoms with E-state index in [1.807, 2.05) is 4.90 Å². The summed E-state index contributed by atoms with van der Waals surface area (Å²) in [5, 5.41) is 10.0. The van der Waals surface area contributed by atoms with Crippen molar-refractivity contribution in [3.05, 3.63) is 53.1 Å². The second-order valence-corrected chi connectivity index (χ2v) is 9.23. The van der Waals surface area contributed by atoms with Gasteiger partial charge in [-0.05, 0) is 62.2 Å². The molecule has 0 radical (unpaired) electrons. The number of carboxylic acid groups (broad SMARTS) is 1. The maximum Gasteiger partial charge on any atom is 0.337 e. The van der Waals surface area contributed by atoms with Crippen LogP contribution in [0.2, 0.25) is 5.02 Å². The lowest BCUT2D eigenvalue weighted by atomic mass is 9.96. The minimum Gasteiger partial charge on any atom is -0.478 e. The lowest BCUT2D eigenvalue weighted by Gasteiger charge is -2.33. The second-order valence-electron chi connectivity index (χ2n) is 7.11. The number of rotatable bonds is 7. The van der Waals surface area contributed by atoms with E-state index in [2.05, 4.69) is 4.72 Å². The monoisotopic (exact) mass is 466 g/mol. The predicted molar refractivity (Wildman–Crippen MR) is 117 cm³/mol. The van der Waals surface area contributed by atoms with E-state index in [-0.39, 0.29) is 28.0 Å². The molecular formula is C21H23ClN2O6S. The summed E-state index contributed by atoms with van der Waals surface area (Å²) in [6.07, 6.45) is 1.21. The normalized spacial score (nSPS) is 14.8. The number of nitrogens with one attached hydrogen (secondary N) is 1. The number of hydrogen-bond acceptors (Lipinski definition) is 6. The van der Waals surface area contributed by atoms with Gasteiger partial charge in [-0.2, -0.15) is 0 Å². The molecule has 1 aliphatic rings. The lowest BCUT2D eigenvalue weighted by molar-refractivity contribution is -0.148. The summed E-state index contributed by atoms with van der Waals surface area (Å²) in [6.45, 7) is 3.24. The van der Waals surface area contributed by atoms with E-state index < -0.39 is 16.0 Å². The van der Waals surface area contributed by atoms with E-state index in [9.17, 15) is 23.1 Å². The zero-order valence-corrected chi connectivity index (χ0v) is 18.4. The average molecular weight is 467 g/mol. The van der Waals surface area contributed by atoms with Crippen LogP contribution in [0.25, 0.3) is 0 Å². The van der Waals surface area contributed by atoms with Crippen molar-refractivity contribution in [2.75, 3.05) is 29.3 Å². The molecule has 3 rings (SSSR count). The molecule has 0 amide bonds. The van der Waals surface area contributed by atoms with E-state index in [0.717, 1.165) is 0 Å². The lowest BCUT2D eigenvalue weighted by Crippen LogP contribution is -2.37. The Kier molecular flexibility index (Phi) is 7.07. The summed E-state index contributed by atoms with van der Waals surface area (Å²) < 4.78 is 32.7. The number of carbonyl (C=O) groups excluding carboxylic acids is 1. The van der Waals surface area contributed by atoms with E-state index >= 15 is 0 Å². The van der Waals surface area contributed by atoms with E-state index in [1.54, 1.807) is 13.0 Å². The van der Waals surface area contributed by atoms with E-state index in [4.69, 9.17) is 16.3 Å². The number of carboxylic acids is 1. The van der Waals surface area contributed by atoms with Crippen molar-refractivity contribution in [3.63, 3.8) is 0 Å². The largest absolute Gasteiger partial charge is 0.478 e. The molecule has 166 valence electrons. The molecule has 0 atom stereocenters. The number of carbonyl (C=O) groups is 2. The van der Waals surface area contributed by atoms with Crippen LogP contribution in [0.5, 0.6) is 0 Å². The van der Waals surface area contributed by atoms with Crippen molar-refractivity contribution in [3.8, 4) is 0 Å². The zero-order chi connectivity index (χ0) is 22.6. The van der Waals surface area contributed by atoms with Gasteiger partial charge in [-0.3, -0.25) is 9.52 Å². The Bertz CT molecular complexity index is 1060. The highest BCUT2D eigenvalue weighted by Crippen LogP contribution is 2.29. The molecule has 10 heteroatoms. The van der Waals surface area contributed by atoms with Gasteiger partial charge in [0, 0.05) is 23.8 Å². The summed E-state index contributed by atoms with van der Waals surface area (Å²) in [5.74, 6) is -1.63. The maximum atomic E-state index is 12.6. The van der Waals surface area contributed by atoms with Crippen LogP contribution in [-0.2, 0) is 19.6 Å². The molecule has 31 heavy (non-hydrogen) atoms. The van der Waals surface area contributed by atoms with Gasteiger partial charge in [0.1, 0.15) is 0 Å². The highest BCUT2D eigenvalue weighted by atomic mass is 35.5. The second kappa shape index (κ2) is 9.57. The molecule has 8 nitrogen and oxygen atoms in total. The summed E-state index contributed by atoms with van der Waals surface area (Å²) in [7, 11) is -3.98. The number of ether oxygens (including phenoxy) is 1. The van der Waals surface area contributed by atoms with Gasteiger partial charge in [-0.1, -0.05) is 11.6 Å². The first-order valence-corrected chi connectivity index (χ1v) is 11.6. The van der Waals surface area contributed by atoms with Gasteiger partial charge < -0.3 is 14.7 Å². The number of piperidine rings is 1. The fraction of sp³-hybridized carbons (Fsp3) is 0.333. The van der Waals surface area contributed by atoms with Crippen LogP contribution in [0.15, 0.2) is 47.4 Å². The van der Waals surface area contributed by atoms with Gasteiger partial charge >= 0.3 is 11.9 Å². The van der Waals surface area contributed by atoms with Crippen molar-refractivity contribution in [2.45, 2.75) is 24.7 Å². The highest BCUT2D eigenvalue weighted by Gasteiger charge is 2.27. The Morgan fingerprint density at radius 2 is 1.81 bits per heavy atom. The number of aromatic carboxylic acids is 1. The minimum atomic E-state index is -3.98. The maximum absolute atomic E-state index is 12.6. The van der Waals surface area contributed by atoms with Crippen LogP contribution in [0.3, 0.4) is 0 Å². The molecule has 0 bridgehead atoms. The van der Waals surface area contributed by atoms with Gasteiger partial charge in [0.05, 0.1) is 28.7 Å². The Balaban J connectivity index is 1.78. The molecule has 1 aliphatic heterocycles. The molecule has 0 saturated carbocycles. The van der Waals surface area contributed by atoms with Gasteiger partial charge in [-0.15, -0.1) is 0 Å². The summed E-state index contributed by atoms with van der Waals surface area (Å²) in [5.41, 5.74) is 0.448. The van der Waals surface area contributed by atoms with Crippen LogP contribution in [0.4, 0.5) is 11.4 Å². The number of hydrogen-bond donors (Lipinski definition) is 2. The SMILES string of the molecule is CCOC(=O)C1CCN(c2ccc(NS(=O)(=O)c3ccc(Cl)cc3)c(C(=O)O)c2)CC1. The first kappa shape index (κ1) is 22.9. The third kappa shape index (κ3) is 5.48. The number of esters is 1. The van der Waals surface area contributed by atoms with Crippen LogP contribution >= 0.6 is 11.6 Å². The molecule has 1 saturated heterocycles. The summed E-state index contributed by atoms with van der Waals surface area (Å²) in [4.78, 5) is 25.7. The summed E-state index contributed by atoms with van der Waals surface area (Å²) in [6, 6.07) is 10.1. The van der Waals surface area contributed by atoms with Gasteiger partial charge in [0.15, 0.2) is 0 Å². The van der Waals surface area contributed by atoms with Crippen molar-refractivity contribution in [2.24, 2.45) is 5.92 Å². The van der Waals surface area contributed by atoms with Crippen LogP contribution in [0, 0.1) is 5.92 Å². The van der Waals surface area contributed by atoms with Crippen molar-refractivity contribution in [1.29, 1.82) is 0 Å². The van der Waals surface area contributed by atoms with Gasteiger partial charge in [-0.25, -0.2) is 13.2 Å². The molecule has 0 spiro atoms. The van der Waals surface area contributed by atoms with E-state index in [0.29, 0.717) is 43.2 Å². The third-order valence-corrected chi connectivity index (χ3v) is 6.72. The average Bonchev–Trinajstić information content (AvgIpc) is 2.74. The molecule has 2 aromatic carbocycles. The molecular weight excluding hydrogens is 444 g/mol. The first-order chi connectivity index (χ1) is 14.7.